The summed E-state index contributed by atoms with van der Waals surface area (Å²) in [6.07, 6.45) is 49.6. The van der Waals surface area contributed by atoms with E-state index in [0.29, 0.717) is 32.1 Å². The van der Waals surface area contributed by atoms with Crippen molar-refractivity contribution in [2.45, 2.75) is 257 Å². The molecule has 0 bridgehead atoms. The summed E-state index contributed by atoms with van der Waals surface area (Å²) in [5.74, 6) is 0.149. The van der Waals surface area contributed by atoms with Gasteiger partial charge in [0.25, 0.3) is 0 Å². The lowest BCUT2D eigenvalue weighted by atomic mass is 9.49. The average Bonchev–Trinajstić information content (AvgIpc) is 3.15. The molecule has 0 radical (unpaired) electrons. The maximum absolute atomic E-state index is 10.5. The zero-order valence-electron chi connectivity index (χ0n) is 35.6. The molecule has 1 atom stereocenters. The van der Waals surface area contributed by atoms with E-state index in [1.165, 1.54) is 193 Å². The molecule has 0 aromatic carbocycles. The summed E-state index contributed by atoms with van der Waals surface area (Å²) < 4.78 is 0. The van der Waals surface area contributed by atoms with Crippen LogP contribution in [0.4, 0.5) is 0 Å². The average molecular weight is 753 g/mol. The van der Waals surface area contributed by atoms with Crippen LogP contribution in [0.5, 0.6) is 0 Å². The normalized spacial score (nSPS) is 24.1. The number of aliphatic hydroxyl groups excluding tert-OH is 5. The van der Waals surface area contributed by atoms with Gasteiger partial charge >= 0.3 is 0 Å². The molecule has 0 aliphatic heterocycles. The topological polar surface area (TPSA) is 101 Å². The van der Waals surface area contributed by atoms with Gasteiger partial charge in [-0.1, -0.05) is 212 Å². The third kappa shape index (κ3) is 24.2. The fourth-order valence-corrected chi connectivity index (χ4v) is 10.6. The predicted octanol–water partition coefficient (Wildman–Crippen LogP) is 13.2. The molecule has 0 saturated heterocycles. The SMILES string of the molecule is OCCC1CCCCCCCCCCCCCCCCCCCCCCCCCCCCCCCCCCCC(CCO)(CCO)C1(CCO)CCO. The Labute approximate surface area is 331 Å². The fourth-order valence-electron chi connectivity index (χ4n) is 10.6. The smallest absolute Gasteiger partial charge is 0.0436 e. The van der Waals surface area contributed by atoms with Crippen LogP contribution < -0.4 is 0 Å². The van der Waals surface area contributed by atoms with Crippen LogP contribution in [0.15, 0.2) is 0 Å². The first-order chi connectivity index (χ1) is 26.2. The molecule has 0 aromatic rings. The number of aliphatic hydroxyl groups is 5. The first-order valence-corrected chi connectivity index (χ1v) is 24.2. The van der Waals surface area contributed by atoms with Crippen molar-refractivity contribution in [3.8, 4) is 0 Å². The molecule has 53 heavy (non-hydrogen) atoms. The van der Waals surface area contributed by atoms with Crippen LogP contribution >= 0.6 is 0 Å². The van der Waals surface area contributed by atoms with Gasteiger partial charge in [0.05, 0.1) is 0 Å². The van der Waals surface area contributed by atoms with Crippen LogP contribution in [-0.2, 0) is 0 Å². The maximum Gasteiger partial charge on any atom is 0.0436 e. The molecule has 1 rings (SSSR count). The predicted molar refractivity (Wildman–Crippen MR) is 228 cm³/mol. The van der Waals surface area contributed by atoms with Crippen LogP contribution in [0.3, 0.4) is 0 Å². The zero-order chi connectivity index (χ0) is 38.4. The lowest BCUT2D eigenvalue weighted by Crippen LogP contribution is -2.50. The Morgan fingerprint density at radius 2 is 0.528 bits per heavy atom. The Hall–Kier alpha value is -0.200. The molecule has 0 aromatic heterocycles. The molecule has 0 spiro atoms. The minimum Gasteiger partial charge on any atom is -0.396 e. The largest absolute Gasteiger partial charge is 0.396 e. The molecule has 1 aliphatic rings. The van der Waals surface area contributed by atoms with E-state index in [1.807, 2.05) is 0 Å². The van der Waals surface area contributed by atoms with E-state index in [4.69, 9.17) is 0 Å². The Morgan fingerprint density at radius 3 is 0.774 bits per heavy atom. The van der Waals surface area contributed by atoms with E-state index < -0.39 is 5.41 Å². The summed E-state index contributed by atoms with van der Waals surface area (Å²) in [7, 11) is 0. The Bertz CT molecular complexity index is 717. The molecule has 1 saturated carbocycles. The second kappa shape index (κ2) is 37.4. The van der Waals surface area contributed by atoms with Crippen molar-refractivity contribution in [1.82, 2.24) is 0 Å². The van der Waals surface area contributed by atoms with Crippen LogP contribution in [0.25, 0.3) is 0 Å². The van der Waals surface area contributed by atoms with Gasteiger partial charge in [0.15, 0.2) is 0 Å². The summed E-state index contributed by atoms with van der Waals surface area (Å²) in [5, 5.41) is 52.2. The molecule has 5 N–H and O–H groups in total. The lowest BCUT2D eigenvalue weighted by Gasteiger charge is -2.56. The number of rotatable bonds is 10. The minimum atomic E-state index is -0.418. The molecule has 5 heteroatoms. The van der Waals surface area contributed by atoms with Gasteiger partial charge in [0.1, 0.15) is 0 Å². The van der Waals surface area contributed by atoms with E-state index in [-0.39, 0.29) is 44.4 Å². The Kier molecular flexibility index (Phi) is 35.8. The second-order valence-electron chi connectivity index (χ2n) is 17.7. The monoisotopic (exact) mass is 753 g/mol. The highest BCUT2D eigenvalue weighted by Crippen LogP contribution is 2.59. The van der Waals surface area contributed by atoms with Gasteiger partial charge in [-0.15, -0.1) is 0 Å². The van der Waals surface area contributed by atoms with E-state index in [2.05, 4.69) is 0 Å². The summed E-state index contributed by atoms with van der Waals surface area (Å²) in [5.41, 5.74) is -0.783. The van der Waals surface area contributed by atoms with Gasteiger partial charge in [-0.05, 0) is 61.7 Å². The van der Waals surface area contributed by atoms with Gasteiger partial charge in [-0.25, -0.2) is 0 Å². The van der Waals surface area contributed by atoms with Gasteiger partial charge in [-0.3, -0.25) is 0 Å². The highest BCUT2D eigenvalue weighted by Gasteiger charge is 2.52. The second-order valence-corrected chi connectivity index (χ2v) is 17.7. The first kappa shape index (κ1) is 50.8. The molecule has 5 nitrogen and oxygen atoms in total. The van der Waals surface area contributed by atoms with Gasteiger partial charge in [0.2, 0.25) is 0 Å². The van der Waals surface area contributed by atoms with Gasteiger partial charge in [0, 0.05) is 33.0 Å². The van der Waals surface area contributed by atoms with Crippen molar-refractivity contribution in [1.29, 1.82) is 0 Å². The number of hydrogen-bond acceptors (Lipinski definition) is 5. The van der Waals surface area contributed by atoms with Gasteiger partial charge < -0.3 is 25.5 Å². The fraction of sp³-hybridized carbons (Fsp3) is 1.00. The van der Waals surface area contributed by atoms with Crippen LogP contribution in [0.2, 0.25) is 0 Å². The maximum atomic E-state index is 10.5. The molecular weight excluding hydrogens is 657 g/mol. The third-order valence-electron chi connectivity index (χ3n) is 13.8. The van der Waals surface area contributed by atoms with Crippen molar-refractivity contribution in [3.05, 3.63) is 0 Å². The molecule has 1 unspecified atom stereocenters. The van der Waals surface area contributed by atoms with E-state index >= 15 is 0 Å². The summed E-state index contributed by atoms with van der Waals surface area (Å²) >= 11 is 0. The van der Waals surface area contributed by atoms with E-state index in [1.54, 1.807) is 0 Å². The van der Waals surface area contributed by atoms with Gasteiger partial charge in [-0.2, -0.15) is 0 Å². The summed E-state index contributed by atoms with van der Waals surface area (Å²) in [4.78, 5) is 0. The molecule has 0 amide bonds. The molecule has 1 aliphatic carbocycles. The van der Waals surface area contributed by atoms with Crippen LogP contribution in [0, 0.1) is 16.7 Å². The molecule has 1 fully saturated rings. The molecule has 0 heterocycles. The van der Waals surface area contributed by atoms with Crippen molar-refractivity contribution < 1.29 is 25.5 Å². The van der Waals surface area contributed by atoms with Crippen molar-refractivity contribution in [2.75, 3.05) is 33.0 Å². The highest BCUT2D eigenvalue weighted by atomic mass is 16.3. The quantitative estimate of drug-likeness (QED) is 0.153. The lowest BCUT2D eigenvalue weighted by molar-refractivity contribution is -0.100. The first-order valence-electron chi connectivity index (χ1n) is 24.2. The standard InChI is InChI=1S/C48H96O5/c49-41-35-46-34-32-30-28-26-24-22-20-18-16-14-12-10-8-6-4-2-1-3-5-7-9-11-13-15-17-19-21-23-25-27-29-31-33-36-47(37-42-50,38-43-51)48(46,39-44-52)40-45-53/h46,49-53H,1-45H2. The van der Waals surface area contributed by atoms with E-state index in [0.717, 1.165) is 32.1 Å². The highest BCUT2D eigenvalue weighted by molar-refractivity contribution is 5.02. The van der Waals surface area contributed by atoms with E-state index in [9.17, 15) is 25.5 Å². The Morgan fingerprint density at radius 1 is 0.283 bits per heavy atom. The minimum absolute atomic E-state index is 0.0283. The van der Waals surface area contributed by atoms with Crippen molar-refractivity contribution in [3.63, 3.8) is 0 Å². The van der Waals surface area contributed by atoms with Crippen molar-refractivity contribution >= 4 is 0 Å². The third-order valence-corrected chi connectivity index (χ3v) is 13.8. The molecular formula is C48H96O5. The number of hydrogen-bond donors (Lipinski definition) is 5. The summed E-state index contributed by atoms with van der Waals surface area (Å²) in [6, 6.07) is 0. The zero-order valence-corrected chi connectivity index (χ0v) is 35.6. The van der Waals surface area contributed by atoms with Crippen molar-refractivity contribution in [2.24, 2.45) is 16.7 Å². The Balaban J connectivity index is 2.78. The van der Waals surface area contributed by atoms with Crippen LogP contribution in [0.1, 0.15) is 257 Å². The summed E-state index contributed by atoms with van der Waals surface area (Å²) in [6.45, 7) is 0.244. The van der Waals surface area contributed by atoms with Crippen LogP contribution in [-0.4, -0.2) is 58.6 Å². The molecule has 318 valence electrons.